The van der Waals surface area contributed by atoms with Gasteiger partial charge in [0.2, 0.25) is 5.91 Å². The van der Waals surface area contributed by atoms with E-state index in [0.29, 0.717) is 12.8 Å². The number of carbonyl (C=O) groups excluding carboxylic acids is 1. The Morgan fingerprint density at radius 3 is 2.54 bits per heavy atom. The number of nitrogens with zero attached hydrogens (tertiary/aromatic N) is 1. The molecule has 5 nitrogen and oxygen atoms in total. The Kier molecular flexibility index (Phi) is 5.13. The van der Waals surface area contributed by atoms with Crippen molar-refractivity contribution < 1.29 is 22.7 Å². The fourth-order valence-electron chi connectivity index (χ4n) is 2.92. The van der Waals surface area contributed by atoms with Crippen LogP contribution >= 0.6 is 0 Å². The third-order valence-electron chi connectivity index (χ3n) is 4.28. The van der Waals surface area contributed by atoms with Gasteiger partial charge in [-0.05, 0) is 30.4 Å². The zero-order chi connectivity index (χ0) is 18.7. The first-order valence-electron chi connectivity index (χ1n) is 8.15. The van der Waals surface area contributed by atoms with Gasteiger partial charge in [0.15, 0.2) is 0 Å². The molecule has 1 saturated carbocycles. The fourth-order valence-corrected chi connectivity index (χ4v) is 2.92. The molecule has 0 radical (unpaired) electrons. The van der Waals surface area contributed by atoms with Crippen molar-refractivity contribution in [3.63, 3.8) is 0 Å². The van der Waals surface area contributed by atoms with Gasteiger partial charge in [-0.3, -0.25) is 15.2 Å². The number of alkyl halides is 3. The number of benzene rings is 1. The van der Waals surface area contributed by atoms with Crippen molar-refractivity contribution in [3.05, 3.63) is 59.4 Å². The Balaban J connectivity index is 1.98. The molecular weight excluding hydrogens is 347 g/mol. The SMILES string of the molecule is NNC(=O)C(c1nccc(OCc2ccccc2)c1C(F)(F)F)C1CC1. The van der Waals surface area contributed by atoms with E-state index in [1.54, 1.807) is 30.3 Å². The number of carbonyl (C=O) groups is 1. The summed E-state index contributed by atoms with van der Waals surface area (Å²) in [7, 11) is 0. The van der Waals surface area contributed by atoms with Crippen LogP contribution in [0, 0.1) is 5.92 Å². The molecule has 138 valence electrons. The summed E-state index contributed by atoms with van der Waals surface area (Å²) >= 11 is 0. The van der Waals surface area contributed by atoms with Crippen molar-refractivity contribution in [2.75, 3.05) is 0 Å². The molecule has 3 N–H and O–H groups in total. The average molecular weight is 365 g/mol. The predicted octanol–water partition coefficient (Wildman–Crippen LogP) is 3.16. The van der Waals surface area contributed by atoms with Crippen LogP contribution in [-0.2, 0) is 17.6 Å². The molecule has 0 saturated heterocycles. The van der Waals surface area contributed by atoms with Crippen LogP contribution in [0.5, 0.6) is 5.75 Å². The molecule has 1 amide bonds. The van der Waals surface area contributed by atoms with E-state index in [1.807, 2.05) is 5.43 Å². The van der Waals surface area contributed by atoms with Crippen LogP contribution in [0.4, 0.5) is 13.2 Å². The summed E-state index contributed by atoms with van der Waals surface area (Å²) in [4.78, 5) is 16.0. The third-order valence-corrected chi connectivity index (χ3v) is 4.28. The summed E-state index contributed by atoms with van der Waals surface area (Å²) in [5, 5.41) is 0. The number of nitrogens with two attached hydrogens (primary N) is 1. The number of ether oxygens (including phenoxy) is 1. The van der Waals surface area contributed by atoms with E-state index in [1.165, 1.54) is 12.3 Å². The minimum absolute atomic E-state index is 0.0233. The van der Waals surface area contributed by atoms with Crippen molar-refractivity contribution >= 4 is 5.91 Å². The molecular formula is C18H18F3N3O2. The van der Waals surface area contributed by atoms with Crippen LogP contribution in [-0.4, -0.2) is 10.9 Å². The quantitative estimate of drug-likeness (QED) is 0.468. The van der Waals surface area contributed by atoms with Gasteiger partial charge in [-0.2, -0.15) is 13.2 Å². The lowest BCUT2D eigenvalue weighted by Gasteiger charge is -2.21. The second kappa shape index (κ2) is 7.33. The van der Waals surface area contributed by atoms with Crippen LogP contribution in [0.3, 0.4) is 0 Å². The lowest BCUT2D eigenvalue weighted by atomic mass is 9.93. The normalized spacial score (nSPS) is 15.4. The van der Waals surface area contributed by atoms with Gasteiger partial charge in [-0.15, -0.1) is 0 Å². The van der Waals surface area contributed by atoms with Gasteiger partial charge in [-0.25, -0.2) is 5.84 Å². The molecule has 26 heavy (non-hydrogen) atoms. The van der Waals surface area contributed by atoms with E-state index in [9.17, 15) is 18.0 Å². The standard InChI is InChI=1S/C18H18F3N3O2/c19-18(20,21)15-13(26-10-11-4-2-1-3-5-11)8-9-23-16(15)14(12-6-7-12)17(25)24-22/h1-5,8-9,12,14H,6-7,10,22H2,(H,24,25). The van der Waals surface area contributed by atoms with E-state index in [4.69, 9.17) is 10.6 Å². The Morgan fingerprint density at radius 1 is 1.27 bits per heavy atom. The Morgan fingerprint density at radius 2 is 1.96 bits per heavy atom. The van der Waals surface area contributed by atoms with Crippen LogP contribution in [0.25, 0.3) is 0 Å². The highest BCUT2D eigenvalue weighted by molar-refractivity contribution is 5.84. The maximum absolute atomic E-state index is 13.8. The van der Waals surface area contributed by atoms with E-state index in [2.05, 4.69) is 4.98 Å². The Bertz CT molecular complexity index is 777. The second-order valence-electron chi connectivity index (χ2n) is 6.17. The molecule has 3 rings (SSSR count). The number of hydrogen-bond donors (Lipinski definition) is 2. The highest BCUT2D eigenvalue weighted by atomic mass is 19.4. The van der Waals surface area contributed by atoms with E-state index >= 15 is 0 Å². The van der Waals surface area contributed by atoms with Gasteiger partial charge in [-0.1, -0.05) is 30.3 Å². The molecule has 1 aliphatic rings. The number of nitrogens with one attached hydrogen (secondary N) is 1. The minimum Gasteiger partial charge on any atom is -0.488 e. The van der Waals surface area contributed by atoms with Crippen LogP contribution in [0.15, 0.2) is 42.6 Å². The molecule has 1 aliphatic carbocycles. The number of pyridine rings is 1. The first-order valence-corrected chi connectivity index (χ1v) is 8.15. The number of hydrazine groups is 1. The van der Waals surface area contributed by atoms with Crippen LogP contribution in [0.1, 0.15) is 35.6 Å². The molecule has 1 unspecified atom stereocenters. The monoisotopic (exact) mass is 365 g/mol. The van der Waals surface area contributed by atoms with Crippen molar-refractivity contribution in [3.8, 4) is 5.75 Å². The maximum atomic E-state index is 13.8. The lowest BCUT2D eigenvalue weighted by molar-refractivity contribution is -0.140. The van der Waals surface area contributed by atoms with E-state index < -0.39 is 23.6 Å². The highest BCUT2D eigenvalue weighted by Gasteiger charge is 2.46. The van der Waals surface area contributed by atoms with Crippen molar-refractivity contribution in [1.82, 2.24) is 10.4 Å². The molecule has 1 aromatic carbocycles. The van der Waals surface area contributed by atoms with Gasteiger partial charge >= 0.3 is 6.18 Å². The second-order valence-corrected chi connectivity index (χ2v) is 6.17. The van der Waals surface area contributed by atoms with Gasteiger partial charge in [0.25, 0.3) is 0 Å². The smallest absolute Gasteiger partial charge is 0.421 e. The summed E-state index contributed by atoms with van der Waals surface area (Å²) in [5.41, 5.74) is 1.33. The van der Waals surface area contributed by atoms with E-state index in [0.717, 1.165) is 5.56 Å². The summed E-state index contributed by atoms with van der Waals surface area (Å²) in [6.45, 7) is -0.0233. The van der Waals surface area contributed by atoms with Gasteiger partial charge in [0, 0.05) is 6.20 Å². The number of rotatable bonds is 6. The van der Waals surface area contributed by atoms with E-state index in [-0.39, 0.29) is 24.0 Å². The summed E-state index contributed by atoms with van der Waals surface area (Å²) in [6.07, 6.45) is -2.17. The Labute approximate surface area is 148 Å². The zero-order valence-corrected chi connectivity index (χ0v) is 13.8. The molecule has 1 aromatic heterocycles. The maximum Gasteiger partial charge on any atom is 0.421 e. The van der Waals surface area contributed by atoms with Crippen LogP contribution < -0.4 is 16.0 Å². The average Bonchev–Trinajstić information content (AvgIpc) is 3.45. The summed E-state index contributed by atoms with van der Waals surface area (Å²) < 4.78 is 46.7. The molecule has 0 bridgehead atoms. The summed E-state index contributed by atoms with van der Waals surface area (Å²) in [5.74, 6) is 2.90. The Hall–Kier alpha value is -2.61. The fraction of sp³-hybridized carbons (Fsp3) is 0.333. The molecule has 1 atom stereocenters. The molecule has 1 heterocycles. The van der Waals surface area contributed by atoms with Gasteiger partial charge in [0.1, 0.15) is 17.9 Å². The first kappa shape index (κ1) is 18.2. The third kappa shape index (κ3) is 3.96. The van der Waals surface area contributed by atoms with Crippen molar-refractivity contribution in [2.24, 2.45) is 11.8 Å². The predicted molar refractivity (Wildman–Crippen MR) is 87.8 cm³/mol. The minimum atomic E-state index is -4.71. The van der Waals surface area contributed by atoms with Gasteiger partial charge < -0.3 is 4.74 Å². The topological polar surface area (TPSA) is 77.2 Å². The molecule has 0 spiro atoms. The summed E-state index contributed by atoms with van der Waals surface area (Å²) in [6, 6.07) is 10.0. The van der Waals surface area contributed by atoms with Crippen LogP contribution in [0.2, 0.25) is 0 Å². The van der Waals surface area contributed by atoms with Crippen molar-refractivity contribution in [1.29, 1.82) is 0 Å². The highest BCUT2D eigenvalue weighted by Crippen LogP contribution is 2.47. The van der Waals surface area contributed by atoms with Crippen molar-refractivity contribution in [2.45, 2.75) is 31.5 Å². The lowest BCUT2D eigenvalue weighted by Crippen LogP contribution is -2.37. The number of aromatic nitrogens is 1. The molecule has 2 aromatic rings. The molecule has 8 heteroatoms. The zero-order valence-electron chi connectivity index (χ0n) is 13.8. The number of halogens is 3. The molecule has 1 fully saturated rings. The van der Waals surface area contributed by atoms with Gasteiger partial charge in [0.05, 0.1) is 11.6 Å². The number of hydrogen-bond acceptors (Lipinski definition) is 4. The number of amides is 1. The molecule has 0 aliphatic heterocycles. The largest absolute Gasteiger partial charge is 0.488 e. The first-order chi connectivity index (χ1) is 12.4.